The van der Waals surface area contributed by atoms with Crippen LogP contribution in [0, 0.1) is 18.3 Å². The lowest BCUT2D eigenvalue weighted by atomic mass is 9.90. The second-order valence-corrected chi connectivity index (χ2v) is 4.02. The van der Waals surface area contributed by atoms with Gasteiger partial charge >= 0.3 is 0 Å². The third kappa shape index (κ3) is 2.28. The Kier molecular flexibility index (Phi) is 3.49. The van der Waals surface area contributed by atoms with E-state index in [0.29, 0.717) is 5.56 Å². The summed E-state index contributed by atoms with van der Waals surface area (Å²) in [7, 11) is 0. The summed E-state index contributed by atoms with van der Waals surface area (Å²) in [5.41, 5.74) is 2.17. The smallest absolute Gasteiger partial charge is 0.186 e. The highest BCUT2D eigenvalue weighted by Gasteiger charge is 2.22. The second-order valence-electron chi connectivity index (χ2n) is 4.02. The van der Waals surface area contributed by atoms with E-state index < -0.39 is 5.92 Å². The van der Waals surface area contributed by atoms with Crippen molar-refractivity contribution in [2.45, 2.75) is 12.8 Å². The number of ketones is 1. The molecule has 0 aliphatic rings. The molecular formula is C15H12N2O. The minimum absolute atomic E-state index is 0.208. The Morgan fingerprint density at radius 3 is 2.67 bits per heavy atom. The number of aromatic nitrogens is 1. The molecule has 0 aliphatic heterocycles. The van der Waals surface area contributed by atoms with Crippen molar-refractivity contribution in [3.05, 3.63) is 65.5 Å². The molecule has 3 nitrogen and oxygen atoms in total. The van der Waals surface area contributed by atoms with Gasteiger partial charge in [-0.3, -0.25) is 9.78 Å². The highest BCUT2D eigenvalue weighted by molar-refractivity contribution is 6.02. The van der Waals surface area contributed by atoms with Crippen LogP contribution in [0.1, 0.15) is 27.4 Å². The molecule has 0 bridgehead atoms. The Morgan fingerprint density at radius 1 is 1.28 bits per heavy atom. The molecule has 2 rings (SSSR count). The number of benzene rings is 1. The molecule has 0 saturated carbocycles. The van der Waals surface area contributed by atoms with E-state index in [1.807, 2.05) is 31.2 Å². The van der Waals surface area contributed by atoms with Crippen LogP contribution in [0.3, 0.4) is 0 Å². The molecule has 1 heterocycles. The Balaban J connectivity index is 2.40. The first-order chi connectivity index (χ1) is 8.74. The van der Waals surface area contributed by atoms with Crippen molar-refractivity contribution in [3.8, 4) is 6.07 Å². The van der Waals surface area contributed by atoms with Crippen molar-refractivity contribution in [1.29, 1.82) is 5.26 Å². The second kappa shape index (κ2) is 5.24. The molecule has 1 atom stereocenters. The minimum Gasteiger partial charge on any atom is -0.292 e. The summed E-state index contributed by atoms with van der Waals surface area (Å²) < 4.78 is 0. The number of rotatable bonds is 3. The normalized spacial score (nSPS) is 11.6. The molecule has 0 aliphatic carbocycles. The van der Waals surface area contributed by atoms with Gasteiger partial charge in [0.2, 0.25) is 0 Å². The first-order valence-electron chi connectivity index (χ1n) is 5.63. The van der Waals surface area contributed by atoms with E-state index in [4.69, 9.17) is 0 Å². The Hall–Kier alpha value is -2.47. The predicted molar refractivity (Wildman–Crippen MR) is 68.1 cm³/mol. The third-order valence-corrected chi connectivity index (χ3v) is 2.84. The standard InChI is InChI=1S/C15H12N2O/c1-11-5-2-3-7-13(11)14(9-16)15(18)12-6-4-8-17-10-12/h2-8,10,14H,1H3. The summed E-state index contributed by atoms with van der Waals surface area (Å²) in [4.78, 5) is 16.2. The molecular weight excluding hydrogens is 224 g/mol. The van der Waals surface area contributed by atoms with Gasteiger partial charge in [-0.05, 0) is 30.2 Å². The molecule has 1 unspecified atom stereocenters. The number of Topliss-reactive ketones (excluding diaryl/α,β-unsaturated/α-hetero) is 1. The van der Waals surface area contributed by atoms with E-state index in [1.54, 1.807) is 18.3 Å². The van der Waals surface area contributed by atoms with E-state index in [-0.39, 0.29) is 5.78 Å². The van der Waals surface area contributed by atoms with Crippen LogP contribution in [-0.4, -0.2) is 10.8 Å². The molecule has 18 heavy (non-hydrogen) atoms. The van der Waals surface area contributed by atoms with Crippen molar-refractivity contribution >= 4 is 5.78 Å². The van der Waals surface area contributed by atoms with Crippen LogP contribution in [0.5, 0.6) is 0 Å². The number of carbonyl (C=O) groups is 1. The molecule has 2 aromatic rings. The van der Waals surface area contributed by atoms with Crippen LogP contribution < -0.4 is 0 Å². The van der Waals surface area contributed by atoms with Crippen LogP contribution in [0.4, 0.5) is 0 Å². The van der Waals surface area contributed by atoms with Gasteiger partial charge in [-0.1, -0.05) is 24.3 Å². The van der Waals surface area contributed by atoms with E-state index in [1.165, 1.54) is 6.20 Å². The lowest BCUT2D eigenvalue weighted by Gasteiger charge is -2.10. The SMILES string of the molecule is Cc1ccccc1C(C#N)C(=O)c1cccnc1. The summed E-state index contributed by atoms with van der Waals surface area (Å²) in [6.45, 7) is 1.90. The lowest BCUT2D eigenvalue weighted by molar-refractivity contribution is 0.0978. The minimum atomic E-state index is -0.768. The van der Waals surface area contributed by atoms with Crippen LogP contribution >= 0.6 is 0 Å². The third-order valence-electron chi connectivity index (χ3n) is 2.84. The molecule has 3 heteroatoms. The van der Waals surface area contributed by atoms with Crippen molar-refractivity contribution in [2.24, 2.45) is 0 Å². The maximum atomic E-state index is 12.3. The number of pyridine rings is 1. The van der Waals surface area contributed by atoms with Gasteiger partial charge in [0.05, 0.1) is 6.07 Å². The molecule has 0 N–H and O–H groups in total. The summed E-state index contributed by atoms with van der Waals surface area (Å²) >= 11 is 0. The van der Waals surface area contributed by atoms with Crippen molar-refractivity contribution in [3.63, 3.8) is 0 Å². The topological polar surface area (TPSA) is 53.8 Å². The van der Waals surface area contributed by atoms with Crippen LogP contribution in [0.15, 0.2) is 48.8 Å². The zero-order chi connectivity index (χ0) is 13.0. The molecule has 0 spiro atoms. The largest absolute Gasteiger partial charge is 0.292 e. The number of aryl methyl sites for hydroxylation is 1. The molecule has 0 fully saturated rings. The van der Waals surface area contributed by atoms with E-state index >= 15 is 0 Å². The van der Waals surface area contributed by atoms with Gasteiger partial charge in [0.25, 0.3) is 0 Å². The van der Waals surface area contributed by atoms with Gasteiger partial charge < -0.3 is 0 Å². The Labute approximate surface area is 106 Å². The van der Waals surface area contributed by atoms with Gasteiger partial charge in [0.1, 0.15) is 5.92 Å². The number of nitriles is 1. The Morgan fingerprint density at radius 2 is 2.06 bits per heavy atom. The number of hydrogen-bond donors (Lipinski definition) is 0. The summed E-state index contributed by atoms with van der Waals surface area (Å²) in [5.74, 6) is -0.977. The molecule has 0 amide bonds. The first-order valence-corrected chi connectivity index (χ1v) is 5.63. The maximum absolute atomic E-state index is 12.3. The van der Waals surface area contributed by atoms with E-state index in [0.717, 1.165) is 11.1 Å². The molecule has 1 aromatic heterocycles. The highest BCUT2D eigenvalue weighted by atomic mass is 16.1. The number of hydrogen-bond acceptors (Lipinski definition) is 3. The van der Waals surface area contributed by atoms with Gasteiger partial charge in [0, 0.05) is 18.0 Å². The number of nitrogens with zero attached hydrogens (tertiary/aromatic N) is 2. The quantitative estimate of drug-likeness (QED) is 0.770. The van der Waals surface area contributed by atoms with Gasteiger partial charge in [-0.2, -0.15) is 5.26 Å². The average Bonchev–Trinajstić information content (AvgIpc) is 2.42. The fourth-order valence-corrected chi connectivity index (χ4v) is 1.86. The number of carbonyl (C=O) groups excluding carboxylic acids is 1. The van der Waals surface area contributed by atoms with Crippen LogP contribution in [0.2, 0.25) is 0 Å². The summed E-state index contributed by atoms with van der Waals surface area (Å²) in [5, 5.41) is 9.24. The van der Waals surface area contributed by atoms with Crippen molar-refractivity contribution < 1.29 is 4.79 Å². The van der Waals surface area contributed by atoms with E-state index in [9.17, 15) is 10.1 Å². The van der Waals surface area contributed by atoms with Gasteiger partial charge in [0.15, 0.2) is 5.78 Å². The zero-order valence-electron chi connectivity index (χ0n) is 10.00. The highest BCUT2D eigenvalue weighted by Crippen LogP contribution is 2.22. The zero-order valence-corrected chi connectivity index (χ0v) is 10.00. The molecule has 0 saturated heterocycles. The fourth-order valence-electron chi connectivity index (χ4n) is 1.86. The van der Waals surface area contributed by atoms with Crippen LogP contribution in [-0.2, 0) is 0 Å². The molecule has 0 radical (unpaired) electrons. The predicted octanol–water partition coefficient (Wildman–Crippen LogP) is 2.88. The van der Waals surface area contributed by atoms with Gasteiger partial charge in [-0.25, -0.2) is 0 Å². The van der Waals surface area contributed by atoms with E-state index in [2.05, 4.69) is 11.1 Å². The lowest BCUT2D eigenvalue weighted by Crippen LogP contribution is -2.12. The molecule has 88 valence electrons. The van der Waals surface area contributed by atoms with Crippen molar-refractivity contribution in [1.82, 2.24) is 4.98 Å². The summed E-state index contributed by atoms with van der Waals surface area (Å²) in [6.07, 6.45) is 3.09. The summed E-state index contributed by atoms with van der Waals surface area (Å²) in [6, 6.07) is 12.9. The first kappa shape index (κ1) is 12.0. The average molecular weight is 236 g/mol. The van der Waals surface area contributed by atoms with Crippen LogP contribution in [0.25, 0.3) is 0 Å². The van der Waals surface area contributed by atoms with Gasteiger partial charge in [-0.15, -0.1) is 0 Å². The maximum Gasteiger partial charge on any atom is 0.186 e. The Bertz CT molecular complexity index is 599. The molecule has 1 aromatic carbocycles. The van der Waals surface area contributed by atoms with Crippen molar-refractivity contribution in [2.75, 3.05) is 0 Å². The fraction of sp³-hybridized carbons (Fsp3) is 0.133. The monoisotopic (exact) mass is 236 g/mol.